The van der Waals surface area contributed by atoms with Gasteiger partial charge >= 0.3 is 6.03 Å². The van der Waals surface area contributed by atoms with Crippen molar-refractivity contribution in [2.75, 3.05) is 24.5 Å². The third-order valence-corrected chi connectivity index (χ3v) is 5.91. The lowest BCUT2D eigenvalue weighted by atomic mass is 9.89. The lowest BCUT2D eigenvalue weighted by Gasteiger charge is -2.36. The van der Waals surface area contributed by atoms with Crippen LogP contribution in [0.3, 0.4) is 0 Å². The second-order valence-electron chi connectivity index (χ2n) is 7.34. The SMILES string of the molecule is O=C(N1CCC(c2ccccc2)CC1)N1CCCCc2cc(Cl)ccc21. The Labute approximate surface area is 160 Å². The number of aryl methyl sites for hydroxylation is 1. The van der Waals surface area contributed by atoms with Crippen molar-refractivity contribution in [1.29, 1.82) is 0 Å². The van der Waals surface area contributed by atoms with Crippen LogP contribution in [0.4, 0.5) is 10.5 Å². The maximum atomic E-state index is 13.2. The number of carbonyl (C=O) groups is 1. The Bertz CT molecular complexity index is 769. The fourth-order valence-corrected chi connectivity index (χ4v) is 4.42. The van der Waals surface area contributed by atoms with Crippen molar-refractivity contribution >= 4 is 23.3 Å². The van der Waals surface area contributed by atoms with Gasteiger partial charge in [0.2, 0.25) is 0 Å². The maximum Gasteiger partial charge on any atom is 0.324 e. The Morgan fingerprint density at radius 1 is 0.962 bits per heavy atom. The van der Waals surface area contributed by atoms with Gasteiger partial charge in [0.1, 0.15) is 0 Å². The highest BCUT2D eigenvalue weighted by Crippen LogP contribution is 2.32. The number of urea groups is 1. The number of hydrogen-bond acceptors (Lipinski definition) is 1. The van der Waals surface area contributed by atoms with Crippen LogP contribution in [-0.4, -0.2) is 30.6 Å². The van der Waals surface area contributed by atoms with Gasteiger partial charge in [0.05, 0.1) is 0 Å². The first-order valence-corrected chi connectivity index (χ1v) is 10.00. The van der Waals surface area contributed by atoms with E-state index in [9.17, 15) is 4.79 Å². The second kappa shape index (κ2) is 7.71. The molecule has 2 heterocycles. The summed E-state index contributed by atoms with van der Waals surface area (Å²) >= 11 is 6.17. The molecule has 26 heavy (non-hydrogen) atoms. The van der Waals surface area contributed by atoms with Crippen molar-refractivity contribution in [1.82, 2.24) is 4.90 Å². The molecule has 2 amide bonds. The standard InChI is InChI=1S/C22H25ClN2O/c23-20-9-10-21-19(16-20)8-4-5-13-25(21)22(26)24-14-11-18(12-15-24)17-6-2-1-3-7-17/h1-3,6-7,9-10,16,18H,4-5,8,11-15H2. The highest BCUT2D eigenvalue weighted by Gasteiger charge is 2.29. The van der Waals surface area contributed by atoms with E-state index in [0.29, 0.717) is 5.92 Å². The smallest absolute Gasteiger partial charge is 0.324 e. The zero-order chi connectivity index (χ0) is 17.9. The largest absolute Gasteiger partial charge is 0.324 e. The molecule has 0 radical (unpaired) electrons. The van der Waals surface area contributed by atoms with Crippen molar-refractivity contribution in [2.24, 2.45) is 0 Å². The van der Waals surface area contributed by atoms with Crippen LogP contribution in [0.5, 0.6) is 0 Å². The van der Waals surface area contributed by atoms with Crippen LogP contribution >= 0.6 is 11.6 Å². The van der Waals surface area contributed by atoms with Crippen LogP contribution in [-0.2, 0) is 6.42 Å². The molecule has 2 aliphatic heterocycles. The third-order valence-electron chi connectivity index (χ3n) is 5.68. The van der Waals surface area contributed by atoms with Gasteiger partial charge in [-0.2, -0.15) is 0 Å². The van der Waals surface area contributed by atoms with Gasteiger partial charge in [-0.05, 0) is 67.3 Å². The summed E-state index contributed by atoms with van der Waals surface area (Å²) in [5.74, 6) is 0.565. The van der Waals surface area contributed by atoms with E-state index in [1.165, 1.54) is 11.1 Å². The average molecular weight is 369 g/mol. The topological polar surface area (TPSA) is 23.6 Å². The molecule has 2 aliphatic rings. The summed E-state index contributed by atoms with van der Waals surface area (Å²) in [5.41, 5.74) is 3.64. The molecule has 0 spiro atoms. The molecular formula is C22H25ClN2O. The van der Waals surface area contributed by atoms with Crippen molar-refractivity contribution in [2.45, 2.75) is 38.0 Å². The van der Waals surface area contributed by atoms with Crippen LogP contribution in [0.2, 0.25) is 5.02 Å². The highest BCUT2D eigenvalue weighted by molar-refractivity contribution is 6.30. The van der Waals surface area contributed by atoms with Crippen LogP contribution in [0, 0.1) is 0 Å². The minimum absolute atomic E-state index is 0.155. The monoisotopic (exact) mass is 368 g/mol. The molecule has 4 rings (SSSR count). The van der Waals surface area contributed by atoms with Crippen LogP contribution in [0.15, 0.2) is 48.5 Å². The Balaban J connectivity index is 1.47. The minimum Gasteiger partial charge on any atom is -0.324 e. The molecule has 0 saturated carbocycles. The first kappa shape index (κ1) is 17.4. The molecule has 3 nitrogen and oxygen atoms in total. The van der Waals surface area contributed by atoms with Gasteiger partial charge in [-0.25, -0.2) is 4.79 Å². The first-order chi connectivity index (χ1) is 12.7. The average Bonchev–Trinajstić information content (AvgIpc) is 2.90. The molecule has 4 heteroatoms. The first-order valence-electron chi connectivity index (χ1n) is 9.62. The number of rotatable bonds is 1. The Morgan fingerprint density at radius 2 is 1.73 bits per heavy atom. The molecule has 2 aromatic rings. The minimum atomic E-state index is 0.155. The highest BCUT2D eigenvalue weighted by atomic mass is 35.5. The predicted octanol–water partition coefficient (Wildman–Crippen LogP) is 5.48. The summed E-state index contributed by atoms with van der Waals surface area (Å²) < 4.78 is 0. The number of anilines is 1. The number of nitrogens with zero attached hydrogens (tertiary/aromatic N) is 2. The maximum absolute atomic E-state index is 13.2. The van der Waals surface area contributed by atoms with E-state index in [2.05, 4.69) is 30.3 Å². The van der Waals surface area contributed by atoms with Crippen molar-refractivity contribution < 1.29 is 4.79 Å². The molecule has 0 atom stereocenters. The van der Waals surface area contributed by atoms with Crippen molar-refractivity contribution in [3.8, 4) is 0 Å². The van der Waals surface area contributed by atoms with Crippen LogP contribution in [0.1, 0.15) is 42.7 Å². The van der Waals surface area contributed by atoms with Gasteiger partial charge in [0.25, 0.3) is 0 Å². The third kappa shape index (κ3) is 3.59. The quantitative estimate of drug-likeness (QED) is 0.653. The Hall–Kier alpha value is -2.00. The Morgan fingerprint density at radius 3 is 2.50 bits per heavy atom. The van der Waals surface area contributed by atoms with Crippen LogP contribution in [0.25, 0.3) is 0 Å². The molecule has 0 N–H and O–H groups in total. The van der Waals surface area contributed by atoms with E-state index >= 15 is 0 Å². The van der Waals surface area contributed by atoms with Crippen LogP contribution < -0.4 is 4.90 Å². The van der Waals surface area contributed by atoms with E-state index in [1.807, 2.05) is 28.0 Å². The molecule has 0 bridgehead atoms. The zero-order valence-corrected chi connectivity index (χ0v) is 15.8. The molecule has 0 aromatic heterocycles. The molecule has 2 aromatic carbocycles. The number of benzene rings is 2. The number of hydrogen-bond donors (Lipinski definition) is 0. The normalized spacial score (nSPS) is 18.3. The van der Waals surface area contributed by atoms with E-state index in [4.69, 9.17) is 11.6 Å². The van der Waals surface area contributed by atoms with Gasteiger partial charge in [0.15, 0.2) is 0 Å². The number of carbonyl (C=O) groups excluding carboxylic acids is 1. The van der Waals surface area contributed by atoms with Gasteiger partial charge in [-0.1, -0.05) is 41.9 Å². The summed E-state index contributed by atoms with van der Waals surface area (Å²) in [5, 5.41) is 0.752. The number of piperidine rings is 1. The summed E-state index contributed by atoms with van der Waals surface area (Å²) in [6.45, 7) is 2.46. The van der Waals surface area contributed by atoms with E-state index in [1.54, 1.807) is 0 Å². The lowest BCUT2D eigenvalue weighted by Crippen LogP contribution is -2.47. The molecule has 1 fully saturated rings. The predicted molar refractivity (Wildman–Crippen MR) is 107 cm³/mol. The lowest BCUT2D eigenvalue weighted by molar-refractivity contribution is 0.187. The van der Waals surface area contributed by atoms with Crippen molar-refractivity contribution in [3.05, 3.63) is 64.7 Å². The zero-order valence-electron chi connectivity index (χ0n) is 15.0. The summed E-state index contributed by atoms with van der Waals surface area (Å²) in [4.78, 5) is 17.2. The molecule has 1 saturated heterocycles. The van der Waals surface area contributed by atoms with E-state index < -0.39 is 0 Å². The Kier molecular flexibility index (Phi) is 5.16. The molecule has 0 unspecified atom stereocenters. The number of likely N-dealkylation sites (tertiary alicyclic amines) is 1. The fraction of sp³-hybridized carbons (Fsp3) is 0.409. The molecule has 0 aliphatic carbocycles. The van der Waals surface area contributed by atoms with Gasteiger partial charge in [-0.3, -0.25) is 4.90 Å². The summed E-state index contributed by atoms with van der Waals surface area (Å²) in [6, 6.07) is 16.8. The second-order valence-corrected chi connectivity index (χ2v) is 7.77. The fourth-order valence-electron chi connectivity index (χ4n) is 4.22. The van der Waals surface area contributed by atoms with E-state index in [-0.39, 0.29) is 6.03 Å². The summed E-state index contributed by atoms with van der Waals surface area (Å²) in [6.07, 6.45) is 5.22. The molecular weight excluding hydrogens is 344 g/mol. The number of amides is 2. The molecule has 136 valence electrons. The number of fused-ring (bicyclic) bond motifs is 1. The van der Waals surface area contributed by atoms with Gasteiger partial charge in [0, 0.05) is 30.3 Å². The summed E-state index contributed by atoms with van der Waals surface area (Å²) in [7, 11) is 0. The van der Waals surface area contributed by atoms with E-state index in [0.717, 1.165) is 62.4 Å². The van der Waals surface area contributed by atoms with Crippen molar-refractivity contribution in [3.63, 3.8) is 0 Å². The van der Waals surface area contributed by atoms with Gasteiger partial charge in [-0.15, -0.1) is 0 Å². The van der Waals surface area contributed by atoms with Gasteiger partial charge < -0.3 is 4.90 Å². The number of halogens is 1.